The minimum atomic E-state index is 0.0540. The summed E-state index contributed by atoms with van der Waals surface area (Å²) in [6.07, 6.45) is 4.44. The third-order valence-corrected chi connectivity index (χ3v) is 4.43. The summed E-state index contributed by atoms with van der Waals surface area (Å²) in [5.41, 5.74) is 2.18. The standard InChI is InChI=1S/C19H18ClNO/c20-18-9-5-4-8-16(18)10-11-19(22)21-13-12-17(14-21)15-6-2-1-3-7-15/h1-11,17H,12-14H2/b11-10+. The summed E-state index contributed by atoms with van der Waals surface area (Å²) in [5, 5.41) is 0.662. The molecule has 0 bridgehead atoms. The first-order valence-corrected chi connectivity index (χ1v) is 7.88. The first-order chi connectivity index (χ1) is 10.7. The molecular formula is C19H18ClNO. The zero-order chi connectivity index (χ0) is 15.4. The van der Waals surface area contributed by atoms with Gasteiger partial charge in [0, 0.05) is 30.1 Å². The van der Waals surface area contributed by atoms with Crippen LogP contribution in [0.2, 0.25) is 5.02 Å². The first-order valence-electron chi connectivity index (χ1n) is 7.50. The molecule has 1 heterocycles. The molecule has 22 heavy (non-hydrogen) atoms. The molecule has 2 aromatic carbocycles. The molecule has 1 amide bonds. The number of rotatable bonds is 3. The zero-order valence-corrected chi connectivity index (χ0v) is 13.0. The van der Waals surface area contributed by atoms with Crippen molar-refractivity contribution in [1.82, 2.24) is 4.90 Å². The number of halogens is 1. The Labute approximate surface area is 136 Å². The molecule has 0 spiro atoms. The van der Waals surface area contributed by atoms with Gasteiger partial charge < -0.3 is 4.90 Å². The van der Waals surface area contributed by atoms with E-state index in [2.05, 4.69) is 24.3 Å². The van der Waals surface area contributed by atoms with Crippen molar-refractivity contribution in [3.05, 3.63) is 76.8 Å². The van der Waals surface area contributed by atoms with Crippen molar-refractivity contribution in [3.8, 4) is 0 Å². The molecule has 0 N–H and O–H groups in total. The number of amides is 1. The number of hydrogen-bond acceptors (Lipinski definition) is 1. The molecule has 2 aromatic rings. The molecule has 1 unspecified atom stereocenters. The highest BCUT2D eigenvalue weighted by molar-refractivity contribution is 6.32. The van der Waals surface area contributed by atoms with Gasteiger partial charge in [-0.3, -0.25) is 4.79 Å². The first kappa shape index (κ1) is 14.9. The monoisotopic (exact) mass is 311 g/mol. The summed E-state index contributed by atoms with van der Waals surface area (Å²) in [6.45, 7) is 1.60. The van der Waals surface area contributed by atoms with Gasteiger partial charge in [-0.1, -0.05) is 60.1 Å². The highest BCUT2D eigenvalue weighted by Gasteiger charge is 2.25. The van der Waals surface area contributed by atoms with E-state index in [1.165, 1.54) is 5.56 Å². The Bertz CT molecular complexity index is 681. The molecule has 1 fully saturated rings. The second-order valence-electron chi connectivity index (χ2n) is 5.54. The lowest BCUT2D eigenvalue weighted by molar-refractivity contribution is -0.124. The van der Waals surface area contributed by atoms with E-state index in [0.29, 0.717) is 10.9 Å². The summed E-state index contributed by atoms with van der Waals surface area (Å²) in [4.78, 5) is 14.2. The lowest BCUT2D eigenvalue weighted by atomic mass is 9.99. The fraction of sp³-hybridized carbons (Fsp3) is 0.211. The number of hydrogen-bond donors (Lipinski definition) is 0. The maximum absolute atomic E-state index is 12.3. The van der Waals surface area contributed by atoms with E-state index < -0.39 is 0 Å². The number of benzene rings is 2. The van der Waals surface area contributed by atoms with Crippen LogP contribution in [0.4, 0.5) is 0 Å². The van der Waals surface area contributed by atoms with Gasteiger partial charge in [-0.2, -0.15) is 0 Å². The summed E-state index contributed by atoms with van der Waals surface area (Å²) in [6, 6.07) is 17.9. The van der Waals surface area contributed by atoms with Gasteiger partial charge >= 0.3 is 0 Å². The van der Waals surface area contributed by atoms with Crippen LogP contribution in [0.3, 0.4) is 0 Å². The van der Waals surface area contributed by atoms with Gasteiger partial charge in [0.1, 0.15) is 0 Å². The minimum Gasteiger partial charge on any atom is -0.339 e. The molecule has 3 heteroatoms. The zero-order valence-electron chi connectivity index (χ0n) is 12.3. The predicted octanol–water partition coefficient (Wildman–Crippen LogP) is 4.37. The van der Waals surface area contributed by atoms with Crippen LogP contribution in [0.25, 0.3) is 6.08 Å². The third kappa shape index (κ3) is 3.40. The van der Waals surface area contributed by atoms with Crippen LogP contribution in [-0.2, 0) is 4.79 Å². The van der Waals surface area contributed by atoms with Gasteiger partial charge in [-0.05, 0) is 29.7 Å². The Morgan fingerprint density at radius 3 is 2.59 bits per heavy atom. The van der Waals surface area contributed by atoms with E-state index in [9.17, 15) is 4.79 Å². The van der Waals surface area contributed by atoms with E-state index in [4.69, 9.17) is 11.6 Å². The van der Waals surface area contributed by atoms with Crippen LogP contribution in [0, 0.1) is 0 Å². The summed E-state index contributed by atoms with van der Waals surface area (Å²) in [7, 11) is 0. The SMILES string of the molecule is O=C(/C=C/c1ccccc1Cl)N1CCC(c2ccccc2)C1. The number of carbonyl (C=O) groups excluding carboxylic acids is 1. The fourth-order valence-corrected chi connectivity index (χ4v) is 3.03. The second-order valence-corrected chi connectivity index (χ2v) is 5.94. The van der Waals surface area contributed by atoms with Crippen LogP contribution >= 0.6 is 11.6 Å². The Hall–Kier alpha value is -2.06. The van der Waals surface area contributed by atoms with E-state index in [0.717, 1.165) is 25.1 Å². The average Bonchev–Trinajstić information content (AvgIpc) is 3.05. The topological polar surface area (TPSA) is 20.3 Å². The molecule has 1 saturated heterocycles. The van der Waals surface area contributed by atoms with Crippen LogP contribution in [0.1, 0.15) is 23.5 Å². The third-order valence-electron chi connectivity index (χ3n) is 4.08. The van der Waals surface area contributed by atoms with Gasteiger partial charge in [0.15, 0.2) is 0 Å². The molecule has 0 radical (unpaired) electrons. The normalized spacial score (nSPS) is 18.0. The van der Waals surface area contributed by atoms with Gasteiger partial charge in [0.05, 0.1) is 0 Å². The Balaban J connectivity index is 1.64. The largest absolute Gasteiger partial charge is 0.339 e. The molecular weight excluding hydrogens is 294 g/mol. The van der Waals surface area contributed by atoms with E-state index in [1.54, 1.807) is 12.2 Å². The molecule has 3 rings (SSSR count). The number of carbonyl (C=O) groups is 1. The summed E-state index contributed by atoms with van der Waals surface area (Å²) >= 11 is 6.09. The molecule has 0 aromatic heterocycles. The molecule has 2 nitrogen and oxygen atoms in total. The number of nitrogens with zero attached hydrogens (tertiary/aromatic N) is 1. The van der Waals surface area contributed by atoms with Gasteiger partial charge in [0.2, 0.25) is 5.91 Å². The summed E-state index contributed by atoms with van der Waals surface area (Å²) in [5.74, 6) is 0.497. The summed E-state index contributed by atoms with van der Waals surface area (Å²) < 4.78 is 0. The molecule has 112 valence electrons. The fourth-order valence-electron chi connectivity index (χ4n) is 2.83. The average molecular weight is 312 g/mol. The minimum absolute atomic E-state index is 0.0540. The quantitative estimate of drug-likeness (QED) is 0.771. The van der Waals surface area contributed by atoms with Crippen molar-refractivity contribution in [2.24, 2.45) is 0 Å². The van der Waals surface area contributed by atoms with E-state index in [1.807, 2.05) is 35.2 Å². The molecule has 0 saturated carbocycles. The molecule has 1 aliphatic heterocycles. The Morgan fingerprint density at radius 2 is 1.82 bits per heavy atom. The smallest absolute Gasteiger partial charge is 0.246 e. The highest BCUT2D eigenvalue weighted by atomic mass is 35.5. The van der Waals surface area contributed by atoms with Crippen LogP contribution in [-0.4, -0.2) is 23.9 Å². The van der Waals surface area contributed by atoms with E-state index in [-0.39, 0.29) is 5.91 Å². The molecule has 1 aliphatic rings. The van der Waals surface area contributed by atoms with Crippen molar-refractivity contribution in [3.63, 3.8) is 0 Å². The Kier molecular flexibility index (Phi) is 4.59. The van der Waals surface area contributed by atoms with E-state index >= 15 is 0 Å². The maximum atomic E-state index is 12.3. The van der Waals surface area contributed by atoms with Crippen LogP contribution < -0.4 is 0 Å². The van der Waals surface area contributed by atoms with Crippen LogP contribution in [0.15, 0.2) is 60.7 Å². The van der Waals surface area contributed by atoms with Crippen molar-refractivity contribution < 1.29 is 4.79 Å². The molecule has 1 atom stereocenters. The highest BCUT2D eigenvalue weighted by Crippen LogP contribution is 2.27. The van der Waals surface area contributed by atoms with Crippen molar-refractivity contribution >= 4 is 23.6 Å². The van der Waals surface area contributed by atoms with Crippen molar-refractivity contribution in [1.29, 1.82) is 0 Å². The van der Waals surface area contributed by atoms with Crippen molar-refractivity contribution in [2.75, 3.05) is 13.1 Å². The van der Waals surface area contributed by atoms with Gasteiger partial charge in [-0.25, -0.2) is 0 Å². The lowest BCUT2D eigenvalue weighted by Gasteiger charge is -2.14. The van der Waals surface area contributed by atoms with Crippen molar-refractivity contribution in [2.45, 2.75) is 12.3 Å². The predicted molar refractivity (Wildman–Crippen MR) is 90.9 cm³/mol. The Morgan fingerprint density at radius 1 is 1.09 bits per heavy atom. The molecule has 0 aliphatic carbocycles. The number of likely N-dealkylation sites (tertiary alicyclic amines) is 1. The van der Waals surface area contributed by atoms with Gasteiger partial charge in [-0.15, -0.1) is 0 Å². The lowest BCUT2D eigenvalue weighted by Crippen LogP contribution is -2.26. The van der Waals surface area contributed by atoms with Crippen LogP contribution in [0.5, 0.6) is 0 Å². The van der Waals surface area contributed by atoms with Gasteiger partial charge in [0.25, 0.3) is 0 Å². The maximum Gasteiger partial charge on any atom is 0.246 e. The second kappa shape index (κ2) is 6.80.